The first-order chi connectivity index (χ1) is 7.64. The summed E-state index contributed by atoms with van der Waals surface area (Å²) < 4.78 is 24.7. The Morgan fingerprint density at radius 3 is 2.81 bits per heavy atom. The predicted molar refractivity (Wildman–Crippen MR) is 68.1 cm³/mol. The number of nitrogens with one attached hydrogen (secondary N) is 2. The van der Waals surface area contributed by atoms with E-state index in [0.29, 0.717) is 6.54 Å². The van der Waals surface area contributed by atoms with Gasteiger partial charge in [0.2, 0.25) is 10.0 Å². The van der Waals surface area contributed by atoms with Crippen LogP contribution in [0, 0.1) is 0 Å². The number of rotatable bonds is 8. The van der Waals surface area contributed by atoms with E-state index >= 15 is 0 Å². The molecule has 0 atom stereocenters. The maximum absolute atomic E-state index is 11.1. The number of hydrogen-bond acceptors (Lipinski definition) is 4. The molecule has 0 aromatic carbocycles. The second-order valence-electron chi connectivity index (χ2n) is 3.41. The smallest absolute Gasteiger partial charge is 0.211 e. The average molecular weight is 262 g/mol. The van der Waals surface area contributed by atoms with Crippen molar-refractivity contribution in [2.45, 2.75) is 19.9 Å². The van der Waals surface area contributed by atoms with Gasteiger partial charge in [0, 0.05) is 18.0 Å². The summed E-state index contributed by atoms with van der Waals surface area (Å²) >= 11 is 1.72. The summed E-state index contributed by atoms with van der Waals surface area (Å²) in [5.74, 6) is 0.148. The third-order valence-corrected chi connectivity index (χ3v) is 4.39. The van der Waals surface area contributed by atoms with Crippen LogP contribution in [0.25, 0.3) is 0 Å². The van der Waals surface area contributed by atoms with Gasteiger partial charge in [0.05, 0.1) is 5.75 Å². The maximum atomic E-state index is 11.1. The molecule has 0 aliphatic heterocycles. The van der Waals surface area contributed by atoms with Crippen LogP contribution < -0.4 is 10.0 Å². The first-order valence-corrected chi connectivity index (χ1v) is 7.87. The van der Waals surface area contributed by atoms with Crippen LogP contribution >= 0.6 is 11.3 Å². The predicted octanol–water partition coefficient (Wildman–Crippen LogP) is 1.17. The Hall–Kier alpha value is -0.430. The molecule has 92 valence electrons. The van der Waals surface area contributed by atoms with Crippen molar-refractivity contribution in [1.29, 1.82) is 0 Å². The molecule has 0 unspecified atom stereocenters. The normalized spacial score (nSPS) is 11.8. The summed E-state index contributed by atoms with van der Waals surface area (Å²) in [6.07, 6.45) is 0.810. The molecule has 0 aliphatic carbocycles. The van der Waals surface area contributed by atoms with E-state index < -0.39 is 10.0 Å². The highest BCUT2D eigenvalue weighted by Crippen LogP contribution is 2.06. The Kier molecular flexibility index (Phi) is 5.97. The molecule has 0 bridgehead atoms. The minimum absolute atomic E-state index is 0.148. The van der Waals surface area contributed by atoms with Crippen molar-refractivity contribution >= 4 is 21.4 Å². The Morgan fingerprint density at radius 1 is 1.38 bits per heavy atom. The van der Waals surface area contributed by atoms with Gasteiger partial charge in [-0.15, -0.1) is 11.3 Å². The van der Waals surface area contributed by atoms with E-state index in [1.54, 1.807) is 18.3 Å². The third-order valence-electron chi connectivity index (χ3n) is 2.11. The largest absolute Gasteiger partial charge is 0.312 e. The summed E-state index contributed by atoms with van der Waals surface area (Å²) in [6.45, 7) is 3.83. The van der Waals surface area contributed by atoms with Crippen molar-refractivity contribution in [3.05, 3.63) is 22.4 Å². The summed E-state index contributed by atoms with van der Waals surface area (Å²) in [7, 11) is -3.03. The highest BCUT2D eigenvalue weighted by atomic mass is 32.2. The lowest BCUT2D eigenvalue weighted by atomic mass is 10.4. The zero-order valence-electron chi connectivity index (χ0n) is 9.40. The Bertz CT molecular complexity index is 374. The average Bonchev–Trinajstić information content (AvgIpc) is 2.76. The van der Waals surface area contributed by atoms with Gasteiger partial charge in [0.15, 0.2) is 0 Å². The minimum Gasteiger partial charge on any atom is -0.312 e. The lowest BCUT2D eigenvalue weighted by Gasteiger charge is -2.05. The van der Waals surface area contributed by atoms with Gasteiger partial charge in [0.1, 0.15) is 0 Å². The molecule has 0 radical (unpaired) electrons. The van der Waals surface area contributed by atoms with Gasteiger partial charge < -0.3 is 5.32 Å². The van der Waals surface area contributed by atoms with Crippen molar-refractivity contribution in [2.24, 2.45) is 0 Å². The highest BCUT2D eigenvalue weighted by Gasteiger charge is 2.03. The maximum Gasteiger partial charge on any atom is 0.211 e. The molecule has 0 saturated heterocycles. The van der Waals surface area contributed by atoms with Crippen LogP contribution in [0.3, 0.4) is 0 Å². The second kappa shape index (κ2) is 7.01. The molecular weight excluding hydrogens is 244 g/mol. The minimum atomic E-state index is -3.03. The molecule has 1 heterocycles. The molecule has 6 heteroatoms. The Morgan fingerprint density at radius 2 is 2.19 bits per heavy atom. The number of thiophene rings is 1. The molecular formula is C10H18N2O2S2. The van der Waals surface area contributed by atoms with Crippen molar-refractivity contribution in [3.63, 3.8) is 0 Å². The molecule has 0 saturated carbocycles. The van der Waals surface area contributed by atoms with Crippen molar-refractivity contribution < 1.29 is 8.42 Å². The van der Waals surface area contributed by atoms with E-state index in [1.165, 1.54) is 4.88 Å². The van der Waals surface area contributed by atoms with E-state index in [2.05, 4.69) is 16.1 Å². The zero-order valence-corrected chi connectivity index (χ0v) is 11.0. The van der Waals surface area contributed by atoms with Gasteiger partial charge in [-0.3, -0.25) is 0 Å². The fourth-order valence-electron chi connectivity index (χ4n) is 1.17. The van der Waals surface area contributed by atoms with E-state index in [1.807, 2.05) is 11.4 Å². The lowest BCUT2D eigenvalue weighted by molar-refractivity contribution is 0.575. The molecule has 0 aliphatic rings. The molecule has 1 aromatic heterocycles. The summed E-state index contributed by atoms with van der Waals surface area (Å²) in [5, 5.41) is 5.32. The first-order valence-electron chi connectivity index (χ1n) is 5.34. The van der Waals surface area contributed by atoms with Crippen LogP contribution in [0.15, 0.2) is 17.5 Å². The molecule has 4 nitrogen and oxygen atoms in total. The fourth-order valence-corrected chi connectivity index (χ4v) is 2.50. The molecule has 0 amide bonds. The molecule has 1 aromatic rings. The summed E-state index contributed by atoms with van der Waals surface area (Å²) in [4.78, 5) is 1.30. The van der Waals surface area contributed by atoms with Crippen molar-refractivity contribution in [2.75, 3.05) is 18.8 Å². The monoisotopic (exact) mass is 262 g/mol. The fraction of sp³-hybridized carbons (Fsp3) is 0.600. The molecule has 0 fully saturated rings. The lowest BCUT2D eigenvalue weighted by Crippen LogP contribution is -2.28. The van der Waals surface area contributed by atoms with Gasteiger partial charge in [-0.05, 0) is 31.3 Å². The van der Waals surface area contributed by atoms with E-state index in [0.717, 1.165) is 19.5 Å². The number of hydrogen-bond donors (Lipinski definition) is 2. The topological polar surface area (TPSA) is 58.2 Å². The van der Waals surface area contributed by atoms with Crippen LogP contribution in [0.5, 0.6) is 0 Å². The number of sulfonamides is 1. The first kappa shape index (κ1) is 13.6. The molecule has 0 spiro atoms. The van der Waals surface area contributed by atoms with Crippen LogP contribution in [0.1, 0.15) is 18.2 Å². The zero-order chi connectivity index (χ0) is 11.9. The van der Waals surface area contributed by atoms with Crippen LogP contribution in [0.4, 0.5) is 0 Å². The summed E-state index contributed by atoms with van der Waals surface area (Å²) in [6, 6.07) is 4.11. The molecule has 1 rings (SSSR count). The van der Waals surface area contributed by atoms with Gasteiger partial charge >= 0.3 is 0 Å². The van der Waals surface area contributed by atoms with Crippen LogP contribution in [-0.2, 0) is 16.6 Å². The summed E-state index contributed by atoms with van der Waals surface area (Å²) in [5.41, 5.74) is 0. The third kappa shape index (κ3) is 5.60. The Balaban J connectivity index is 2.01. The van der Waals surface area contributed by atoms with Gasteiger partial charge in [-0.1, -0.05) is 6.07 Å². The van der Waals surface area contributed by atoms with Gasteiger partial charge in [-0.25, -0.2) is 13.1 Å². The second-order valence-corrected chi connectivity index (χ2v) is 6.54. The van der Waals surface area contributed by atoms with Crippen molar-refractivity contribution in [1.82, 2.24) is 10.0 Å². The van der Waals surface area contributed by atoms with Crippen LogP contribution in [0.2, 0.25) is 0 Å². The van der Waals surface area contributed by atoms with Crippen LogP contribution in [-0.4, -0.2) is 27.3 Å². The van der Waals surface area contributed by atoms with E-state index in [4.69, 9.17) is 0 Å². The quantitative estimate of drug-likeness (QED) is 0.691. The van der Waals surface area contributed by atoms with Gasteiger partial charge in [0.25, 0.3) is 0 Å². The van der Waals surface area contributed by atoms with E-state index in [9.17, 15) is 8.42 Å². The molecule has 2 N–H and O–H groups in total. The van der Waals surface area contributed by atoms with E-state index in [-0.39, 0.29) is 5.75 Å². The highest BCUT2D eigenvalue weighted by molar-refractivity contribution is 7.89. The standard InChI is InChI=1S/C10H18N2O2S2/c1-2-16(13,14)12-7-4-6-11-9-10-5-3-8-15-10/h3,5,8,11-12H,2,4,6-7,9H2,1H3. The van der Waals surface area contributed by atoms with Gasteiger partial charge in [-0.2, -0.15) is 0 Å². The Labute approximate surface area is 101 Å². The SMILES string of the molecule is CCS(=O)(=O)NCCCNCc1cccs1. The van der Waals surface area contributed by atoms with Crippen molar-refractivity contribution in [3.8, 4) is 0 Å². The molecule has 16 heavy (non-hydrogen) atoms.